The molecule has 0 spiro atoms. The quantitative estimate of drug-likeness (QED) is 0.802. The third-order valence-corrected chi connectivity index (χ3v) is 5.60. The van der Waals surface area contributed by atoms with Gasteiger partial charge in [0.15, 0.2) is 0 Å². The van der Waals surface area contributed by atoms with Crippen LogP contribution in [0.2, 0.25) is 0 Å². The topological polar surface area (TPSA) is 57.6 Å². The lowest BCUT2D eigenvalue weighted by molar-refractivity contribution is 0.288. The zero-order valence-electron chi connectivity index (χ0n) is 12.5. The molecule has 0 amide bonds. The van der Waals surface area contributed by atoms with E-state index >= 15 is 0 Å². The van der Waals surface area contributed by atoms with Crippen LogP contribution in [-0.2, 0) is 16.4 Å². The summed E-state index contributed by atoms with van der Waals surface area (Å²) in [7, 11) is -1.77. The highest BCUT2D eigenvalue weighted by Gasteiger charge is 2.25. The van der Waals surface area contributed by atoms with Crippen molar-refractivity contribution < 1.29 is 13.5 Å². The highest BCUT2D eigenvalue weighted by atomic mass is 32.2. The van der Waals surface area contributed by atoms with Crippen LogP contribution in [0.15, 0.2) is 29.2 Å². The Labute approximate surface area is 122 Å². The molecule has 1 rings (SSSR count). The zero-order chi connectivity index (χ0) is 15.2. The molecule has 0 aromatic heterocycles. The Hall–Kier alpha value is -0.910. The van der Waals surface area contributed by atoms with Gasteiger partial charge >= 0.3 is 0 Å². The Balaban J connectivity index is 2.92. The van der Waals surface area contributed by atoms with Crippen LogP contribution in [0.25, 0.3) is 0 Å². The number of aliphatic hydroxyl groups excluding tert-OH is 1. The number of hydrogen-bond donors (Lipinski definition) is 1. The third-order valence-electron chi connectivity index (χ3n) is 3.68. The second kappa shape index (κ2) is 7.76. The molecule has 0 aliphatic heterocycles. The first-order valence-corrected chi connectivity index (χ1v) is 8.59. The van der Waals surface area contributed by atoms with Crippen LogP contribution in [0.5, 0.6) is 0 Å². The van der Waals surface area contributed by atoms with Crippen molar-refractivity contribution in [1.29, 1.82) is 0 Å². The Morgan fingerprint density at radius 2 is 1.70 bits per heavy atom. The number of benzene rings is 1. The molecule has 0 aliphatic rings. The van der Waals surface area contributed by atoms with Crippen LogP contribution in [-0.4, -0.2) is 37.5 Å². The number of sulfonamides is 1. The molecular formula is C15H25NO3S. The Kier molecular flexibility index (Phi) is 6.65. The zero-order valence-corrected chi connectivity index (χ0v) is 13.4. The van der Waals surface area contributed by atoms with E-state index in [4.69, 9.17) is 5.11 Å². The maximum Gasteiger partial charge on any atom is 0.243 e. The molecule has 0 heterocycles. The van der Waals surface area contributed by atoms with Gasteiger partial charge in [-0.25, -0.2) is 8.42 Å². The first kappa shape index (κ1) is 17.1. The van der Waals surface area contributed by atoms with Gasteiger partial charge in [0.1, 0.15) is 0 Å². The molecule has 1 N–H and O–H groups in total. The van der Waals surface area contributed by atoms with E-state index in [1.54, 1.807) is 19.2 Å². The minimum Gasteiger partial charge on any atom is -0.396 e. The third kappa shape index (κ3) is 4.04. The maximum absolute atomic E-state index is 12.5. The van der Waals surface area contributed by atoms with Crippen LogP contribution in [0.3, 0.4) is 0 Å². The average molecular weight is 299 g/mol. The number of aryl methyl sites for hydroxylation is 1. The van der Waals surface area contributed by atoms with Crippen molar-refractivity contribution in [3.8, 4) is 0 Å². The van der Waals surface area contributed by atoms with Crippen LogP contribution < -0.4 is 0 Å². The summed E-state index contributed by atoms with van der Waals surface area (Å²) in [6.45, 7) is 4.15. The molecule has 0 saturated carbocycles. The predicted octanol–water partition coefficient (Wildman–Crippen LogP) is 2.42. The van der Waals surface area contributed by atoms with Crippen molar-refractivity contribution >= 4 is 10.0 Å². The lowest BCUT2D eigenvalue weighted by Crippen LogP contribution is -2.36. The van der Waals surface area contributed by atoms with Gasteiger partial charge in [-0.15, -0.1) is 0 Å². The minimum absolute atomic E-state index is 0.0362. The second-order valence-electron chi connectivity index (χ2n) is 4.96. The molecule has 1 aromatic rings. The van der Waals surface area contributed by atoms with E-state index in [0.29, 0.717) is 11.3 Å². The largest absolute Gasteiger partial charge is 0.396 e. The van der Waals surface area contributed by atoms with Gasteiger partial charge in [0.05, 0.1) is 4.90 Å². The van der Waals surface area contributed by atoms with Crippen molar-refractivity contribution in [1.82, 2.24) is 4.31 Å². The van der Waals surface area contributed by atoms with E-state index in [2.05, 4.69) is 0 Å². The summed E-state index contributed by atoms with van der Waals surface area (Å²) in [6.07, 6.45) is 3.07. The van der Waals surface area contributed by atoms with E-state index in [1.165, 1.54) is 4.31 Å². The molecular weight excluding hydrogens is 274 g/mol. The summed E-state index contributed by atoms with van der Waals surface area (Å²) >= 11 is 0. The fraction of sp³-hybridized carbons (Fsp3) is 0.600. The van der Waals surface area contributed by atoms with Crippen molar-refractivity contribution in [3.63, 3.8) is 0 Å². The van der Waals surface area contributed by atoms with E-state index in [-0.39, 0.29) is 12.6 Å². The molecule has 0 unspecified atom stereocenters. The van der Waals surface area contributed by atoms with Gasteiger partial charge in [-0.3, -0.25) is 0 Å². The Bertz CT molecular complexity index is 492. The fourth-order valence-electron chi connectivity index (χ4n) is 2.28. The normalized spacial score (nSPS) is 12.3. The maximum atomic E-state index is 12.5. The summed E-state index contributed by atoms with van der Waals surface area (Å²) in [6, 6.07) is 6.99. The molecule has 0 atom stereocenters. The van der Waals surface area contributed by atoms with Crippen LogP contribution in [0.4, 0.5) is 0 Å². The summed E-state index contributed by atoms with van der Waals surface area (Å²) in [5.41, 5.74) is 1.04. The van der Waals surface area contributed by atoms with E-state index in [0.717, 1.165) is 24.8 Å². The molecule has 0 bridgehead atoms. The van der Waals surface area contributed by atoms with Crippen LogP contribution in [0, 0.1) is 0 Å². The lowest BCUT2D eigenvalue weighted by atomic mass is 10.1. The van der Waals surface area contributed by atoms with Gasteiger partial charge in [-0.2, -0.15) is 4.31 Å². The molecule has 0 fully saturated rings. The fourth-order valence-corrected chi connectivity index (χ4v) is 3.78. The number of hydrogen-bond acceptors (Lipinski definition) is 3. The van der Waals surface area contributed by atoms with Crippen molar-refractivity contribution in [2.75, 3.05) is 13.7 Å². The van der Waals surface area contributed by atoms with Gasteiger partial charge in [0, 0.05) is 19.7 Å². The molecule has 114 valence electrons. The van der Waals surface area contributed by atoms with Gasteiger partial charge in [0.25, 0.3) is 0 Å². The SMILES string of the molecule is CCC(CC)N(C)S(=O)(=O)c1ccc(CCCO)cc1. The molecule has 0 radical (unpaired) electrons. The molecule has 20 heavy (non-hydrogen) atoms. The molecule has 0 saturated heterocycles. The monoisotopic (exact) mass is 299 g/mol. The van der Waals surface area contributed by atoms with Crippen LogP contribution in [0.1, 0.15) is 38.7 Å². The average Bonchev–Trinajstić information content (AvgIpc) is 2.46. The highest BCUT2D eigenvalue weighted by molar-refractivity contribution is 7.89. The number of aliphatic hydroxyl groups is 1. The Morgan fingerprint density at radius 3 is 2.15 bits per heavy atom. The summed E-state index contributed by atoms with van der Waals surface area (Å²) < 4.78 is 26.5. The standard InChI is InChI=1S/C15H25NO3S/c1-4-14(5-2)16(3)20(18,19)15-10-8-13(9-11-15)7-6-12-17/h8-11,14,17H,4-7,12H2,1-3H3. The van der Waals surface area contributed by atoms with Crippen molar-refractivity contribution in [2.24, 2.45) is 0 Å². The minimum atomic E-state index is -3.42. The van der Waals surface area contributed by atoms with E-state index < -0.39 is 10.0 Å². The molecule has 1 aromatic carbocycles. The summed E-state index contributed by atoms with van der Waals surface area (Å²) in [5, 5.41) is 8.80. The predicted molar refractivity (Wildman–Crippen MR) is 81.2 cm³/mol. The summed E-state index contributed by atoms with van der Waals surface area (Å²) in [5.74, 6) is 0. The van der Waals surface area contributed by atoms with Gasteiger partial charge in [0.2, 0.25) is 10.0 Å². The number of nitrogens with zero attached hydrogens (tertiary/aromatic N) is 1. The highest BCUT2D eigenvalue weighted by Crippen LogP contribution is 2.20. The van der Waals surface area contributed by atoms with E-state index in [9.17, 15) is 8.42 Å². The smallest absolute Gasteiger partial charge is 0.243 e. The van der Waals surface area contributed by atoms with Gasteiger partial charge < -0.3 is 5.11 Å². The van der Waals surface area contributed by atoms with Gasteiger partial charge in [-0.05, 0) is 43.4 Å². The van der Waals surface area contributed by atoms with E-state index in [1.807, 2.05) is 26.0 Å². The van der Waals surface area contributed by atoms with Crippen LogP contribution >= 0.6 is 0 Å². The van der Waals surface area contributed by atoms with Crippen molar-refractivity contribution in [3.05, 3.63) is 29.8 Å². The number of rotatable bonds is 8. The van der Waals surface area contributed by atoms with Crippen molar-refractivity contribution in [2.45, 2.75) is 50.5 Å². The van der Waals surface area contributed by atoms with Gasteiger partial charge in [-0.1, -0.05) is 26.0 Å². The second-order valence-corrected chi connectivity index (χ2v) is 6.96. The first-order valence-electron chi connectivity index (χ1n) is 7.15. The molecule has 0 aliphatic carbocycles. The Morgan fingerprint density at radius 1 is 1.15 bits per heavy atom. The lowest BCUT2D eigenvalue weighted by Gasteiger charge is -2.25. The molecule has 4 nitrogen and oxygen atoms in total. The molecule has 5 heteroatoms. The summed E-state index contributed by atoms with van der Waals surface area (Å²) in [4.78, 5) is 0.333. The first-order chi connectivity index (χ1) is 9.47.